The quantitative estimate of drug-likeness (QED) is 0.186. The molecular weight excluding hydrogens is 526 g/mol. The largest absolute Gasteiger partial charge is 0.483 e. The van der Waals surface area contributed by atoms with E-state index in [1.54, 1.807) is 26.8 Å². The van der Waals surface area contributed by atoms with Gasteiger partial charge in [0.2, 0.25) is 5.91 Å². The average Bonchev–Trinajstić information content (AvgIpc) is 3.39. The topological polar surface area (TPSA) is 138 Å². The first-order chi connectivity index (χ1) is 18.0. The number of nitrogens with two attached hydrogens (primary N) is 1. The van der Waals surface area contributed by atoms with Crippen LogP contribution in [0.4, 0.5) is 5.00 Å². The van der Waals surface area contributed by atoms with Crippen molar-refractivity contribution in [3.8, 4) is 5.75 Å². The molecule has 38 heavy (non-hydrogen) atoms. The van der Waals surface area contributed by atoms with E-state index in [4.69, 9.17) is 15.2 Å². The predicted molar refractivity (Wildman–Crippen MR) is 148 cm³/mol. The Kier molecular flexibility index (Phi) is 9.70. The van der Waals surface area contributed by atoms with Gasteiger partial charge in [0.15, 0.2) is 17.1 Å². The number of thiophene rings is 1. The molecule has 1 aromatic carbocycles. The van der Waals surface area contributed by atoms with E-state index in [1.807, 2.05) is 42.7 Å². The van der Waals surface area contributed by atoms with E-state index in [0.717, 1.165) is 16.9 Å². The Hall–Kier alpha value is -3.64. The Balaban J connectivity index is 1.74. The van der Waals surface area contributed by atoms with Crippen LogP contribution < -0.4 is 15.8 Å². The molecular formula is C26H31N5O5S2. The van der Waals surface area contributed by atoms with Crippen LogP contribution in [-0.4, -0.2) is 44.4 Å². The van der Waals surface area contributed by atoms with Crippen molar-refractivity contribution < 1.29 is 23.9 Å². The van der Waals surface area contributed by atoms with Crippen LogP contribution in [0.3, 0.4) is 0 Å². The standard InChI is InChI=1S/C26H31N5O5S2/c1-7-12-31-23(17(6)36-18-10-8-15(4)9-11-18)29-30-26(31)37-13-19(32)28-24-20(25(34)35-14(2)3)16(5)21(38-24)22(27)33/h7-11,14,17H,1,12-13H2,2-6H3,(H2,27,33)(H,28,32). The smallest absolute Gasteiger partial charge is 0.341 e. The van der Waals surface area contributed by atoms with E-state index in [0.29, 0.717) is 28.8 Å². The van der Waals surface area contributed by atoms with Gasteiger partial charge in [0.25, 0.3) is 5.91 Å². The fourth-order valence-electron chi connectivity index (χ4n) is 3.53. The number of ether oxygens (including phenoxy) is 2. The highest BCUT2D eigenvalue weighted by Gasteiger charge is 2.27. The van der Waals surface area contributed by atoms with Crippen molar-refractivity contribution in [3.05, 3.63) is 64.3 Å². The molecule has 0 bridgehead atoms. The number of carbonyl (C=O) groups excluding carboxylic acids is 3. The summed E-state index contributed by atoms with van der Waals surface area (Å²) in [6, 6.07) is 7.71. The number of amides is 2. The summed E-state index contributed by atoms with van der Waals surface area (Å²) in [7, 11) is 0. The second-order valence-corrected chi connectivity index (χ2v) is 10.7. The third kappa shape index (κ3) is 7.01. The second-order valence-electron chi connectivity index (χ2n) is 8.73. The number of hydrogen-bond acceptors (Lipinski definition) is 9. The summed E-state index contributed by atoms with van der Waals surface area (Å²) in [5, 5.41) is 12.0. The molecule has 3 rings (SSSR count). The maximum atomic E-state index is 12.9. The van der Waals surface area contributed by atoms with Gasteiger partial charge >= 0.3 is 5.97 Å². The van der Waals surface area contributed by atoms with Crippen molar-refractivity contribution in [1.82, 2.24) is 14.8 Å². The summed E-state index contributed by atoms with van der Waals surface area (Å²) in [5.74, 6) is -0.450. The number of aryl methyl sites for hydroxylation is 1. The zero-order valence-electron chi connectivity index (χ0n) is 21.9. The molecule has 1 unspecified atom stereocenters. The summed E-state index contributed by atoms with van der Waals surface area (Å²) in [5.41, 5.74) is 7.08. The molecule has 1 atom stereocenters. The number of rotatable bonds is 12. The SMILES string of the molecule is C=CCn1c(SCC(=O)Nc2sc(C(N)=O)c(C)c2C(=O)OC(C)C)nnc1C(C)Oc1ccc(C)cc1. The molecule has 0 saturated carbocycles. The molecule has 2 heterocycles. The molecule has 0 saturated heterocycles. The Morgan fingerprint density at radius 2 is 1.87 bits per heavy atom. The monoisotopic (exact) mass is 557 g/mol. The van der Waals surface area contributed by atoms with Crippen molar-refractivity contribution in [1.29, 1.82) is 0 Å². The second kappa shape index (κ2) is 12.7. The van der Waals surface area contributed by atoms with Crippen LogP contribution in [0.15, 0.2) is 42.1 Å². The fraction of sp³-hybridized carbons (Fsp3) is 0.346. The number of nitrogens with zero attached hydrogens (tertiary/aromatic N) is 3. The van der Waals surface area contributed by atoms with E-state index in [2.05, 4.69) is 22.1 Å². The van der Waals surface area contributed by atoms with Gasteiger partial charge < -0.3 is 20.5 Å². The Bertz CT molecular complexity index is 1330. The predicted octanol–water partition coefficient (Wildman–Crippen LogP) is 4.68. The normalized spacial score (nSPS) is 11.7. The van der Waals surface area contributed by atoms with Crippen molar-refractivity contribution in [2.45, 2.75) is 58.5 Å². The van der Waals surface area contributed by atoms with Crippen molar-refractivity contribution in [2.75, 3.05) is 11.1 Å². The van der Waals surface area contributed by atoms with E-state index < -0.39 is 23.9 Å². The lowest BCUT2D eigenvalue weighted by atomic mass is 10.1. The van der Waals surface area contributed by atoms with Gasteiger partial charge in [0.1, 0.15) is 10.8 Å². The third-order valence-electron chi connectivity index (χ3n) is 5.26. The summed E-state index contributed by atoms with van der Waals surface area (Å²) in [4.78, 5) is 37.5. The molecule has 10 nitrogen and oxygen atoms in total. The van der Waals surface area contributed by atoms with Gasteiger partial charge in [-0.2, -0.15) is 0 Å². The lowest BCUT2D eigenvalue weighted by Crippen LogP contribution is -2.18. The number of hydrogen-bond donors (Lipinski definition) is 2. The van der Waals surface area contributed by atoms with Gasteiger partial charge in [-0.05, 0) is 52.3 Å². The first kappa shape index (κ1) is 28.9. The van der Waals surface area contributed by atoms with Crippen LogP contribution in [0.2, 0.25) is 0 Å². The van der Waals surface area contributed by atoms with Crippen molar-refractivity contribution in [2.24, 2.45) is 5.73 Å². The highest BCUT2D eigenvalue weighted by atomic mass is 32.2. The number of benzene rings is 1. The zero-order valence-corrected chi connectivity index (χ0v) is 23.6. The number of aromatic nitrogens is 3. The highest BCUT2D eigenvalue weighted by Crippen LogP contribution is 2.34. The van der Waals surface area contributed by atoms with Crippen LogP contribution in [0.1, 0.15) is 63.9 Å². The van der Waals surface area contributed by atoms with E-state index >= 15 is 0 Å². The fourth-order valence-corrected chi connectivity index (χ4v) is 5.35. The minimum absolute atomic E-state index is 0.0238. The van der Waals surface area contributed by atoms with Crippen LogP contribution in [0.25, 0.3) is 0 Å². The minimum Gasteiger partial charge on any atom is -0.483 e. The van der Waals surface area contributed by atoms with Gasteiger partial charge in [-0.15, -0.1) is 28.1 Å². The molecule has 3 N–H and O–H groups in total. The summed E-state index contributed by atoms with van der Waals surface area (Å²) in [6.45, 7) is 13.1. The molecule has 3 aromatic rings. The Labute approximate surface area is 229 Å². The van der Waals surface area contributed by atoms with Crippen LogP contribution in [0.5, 0.6) is 5.75 Å². The van der Waals surface area contributed by atoms with Gasteiger partial charge in [-0.25, -0.2) is 4.79 Å². The maximum absolute atomic E-state index is 12.9. The third-order valence-corrected chi connectivity index (χ3v) is 7.45. The molecule has 0 aliphatic carbocycles. The first-order valence-corrected chi connectivity index (χ1v) is 13.7. The summed E-state index contributed by atoms with van der Waals surface area (Å²) < 4.78 is 13.2. The first-order valence-electron chi connectivity index (χ1n) is 11.9. The summed E-state index contributed by atoms with van der Waals surface area (Å²) in [6.07, 6.45) is 0.937. The molecule has 202 valence electrons. The Morgan fingerprint density at radius 1 is 1.18 bits per heavy atom. The van der Waals surface area contributed by atoms with Crippen molar-refractivity contribution in [3.63, 3.8) is 0 Å². The molecule has 0 aliphatic heterocycles. The molecule has 2 amide bonds. The van der Waals surface area contributed by atoms with Gasteiger partial charge in [-0.3, -0.25) is 14.2 Å². The van der Waals surface area contributed by atoms with Crippen LogP contribution in [0, 0.1) is 13.8 Å². The number of thioether (sulfide) groups is 1. The van der Waals surface area contributed by atoms with E-state index in [9.17, 15) is 14.4 Å². The Morgan fingerprint density at radius 3 is 2.47 bits per heavy atom. The number of allylic oxidation sites excluding steroid dienone is 1. The zero-order chi connectivity index (χ0) is 28.0. The molecule has 0 spiro atoms. The lowest BCUT2D eigenvalue weighted by Gasteiger charge is -2.16. The maximum Gasteiger partial charge on any atom is 0.341 e. The molecule has 0 fully saturated rings. The van der Waals surface area contributed by atoms with Crippen LogP contribution >= 0.6 is 23.1 Å². The number of anilines is 1. The number of esters is 1. The van der Waals surface area contributed by atoms with Gasteiger partial charge in [0, 0.05) is 6.54 Å². The highest BCUT2D eigenvalue weighted by molar-refractivity contribution is 7.99. The lowest BCUT2D eigenvalue weighted by molar-refractivity contribution is -0.113. The van der Waals surface area contributed by atoms with Gasteiger partial charge in [0.05, 0.1) is 22.3 Å². The molecule has 2 aromatic heterocycles. The average molecular weight is 558 g/mol. The van der Waals surface area contributed by atoms with E-state index in [1.165, 1.54) is 11.8 Å². The van der Waals surface area contributed by atoms with Crippen LogP contribution in [-0.2, 0) is 16.1 Å². The number of primary amides is 1. The molecule has 12 heteroatoms. The van der Waals surface area contributed by atoms with E-state index in [-0.39, 0.29) is 27.3 Å². The number of nitrogens with one attached hydrogen (secondary N) is 1. The molecule has 0 aliphatic rings. The number of carbonyl (C=O) groups is 3. The summed E-state index contributed by atoms with van der Waals surface area (Å²) >= 11 is 2.11. The van der Waals surface area contributed by atoms with Gasteiger partial charge in [-0.1, -0.05) is 35.5 Å². The minimum atomic E-state index is -0.687. The van der Waals surface area contributed by atoms with Crippen molar-refractivity contribution >= 4 is 45.9 Å². The molecule has 0 radical (unpaired) electrons.